The van der Waals surface area contributed by atoms with E-state index in [4.69, 9.17) is 4.74 Å². The van der Waals surface area contributed by atoms with Gasteiger partial charge < -0.3 is 9.30 Å². The minimum Gasteiger partial charge on any atom is -0.377 e. The molecule has 0 aliphatic carbocycles. The normalized spacial score (nSPS) is 17.2. The number of thiazole rings is 1. The predicted molar refractivity (Wildman–Crippen MR) is 123 cm³/mol. The van der Waals surface area contributed by atoms with Crippen molar-refractivity contribution in [2.75, 3.05) is 20.2 Å². The van der Waals surface area contributed by atoms with Gasteiger partial charge in [-0.3, -0.25) is 14.9 Å². The van der Waals surface area contributed by atoms with Gasteiger partial charge in [-0.1, -0.05) is 11.3 Å². The van der Waals surface area contributed by atoms with Crippen LogP contribution in [0.5, 0.6) is 0 Å². The van der Waals surface area contributed by atoms with Crippen LogP contribution in [0.1, 0.15) is 23.2 Å². The number of ether oxygens (including phenoxy) is 1. The van der Waals surface area contributed by atoms with Gasteiger partial charge in [-0.25, -0.2) is 8.42 Å². The molecule has 1 aromatic heterocycles. The molecule has 2 heterocycles. The molecule has 1 saturated heterocycles. The topological polar surface area (TPSA) is 124 Å². The SMILES string of the molecule is CN(CC1CCCO1)S(=O)(=O)c1ccc(C(=O)N=c2sc3cc([N+](=O)[O-])ccc3n2C)cc1. The Bertz CT molecular complexity index is 1390. The van der Waals surface area contributed by atoms with Crippen LogP contribution in [0.15, 0.2) is 52.4 Å². The van der Waals surface area contributed by atoms with E-state index in [1.54, 1.807) is 17.7 Å². The molecule has 2 aromatic carbocycles. The monoisotopic (exact) mass is 490 g/mol. The molecule has 174 valence electrons. The molecule has 0 bridgehead atoms. The molecule has 1 aliphatic rings. The zero-order valence-corrected chi connectivity index (χ0v) is 19.6. The molecule has 0 spiro atoms. The minimum atomic E-state index is -3.71. The molecular weight excluding hydrogens is 468 g/mol. The van der Waals surface area contributed by atoms with Crippen LogP contribution in [0.4, 0.5) is 5.69 Å². The van der Waals surface area contributed by atoms with Gasteiger partial charge >= 0.3 is 0 Å². The van der Waals surface area contributed by atoms with Crippen LogP contribution in [0.3, 0.4) is 0 Å². The van der Waals surface area contributed by atoms with E-state index >= 15 is 0 Å². The van der Waals surface area contributed by atoms with E-state index in [0.717, 1.165) is 24.2 Å². The Kier molecular flexibility index (Phi) is 6.43. The molecule has 1 atom stereocenters. The van der Waals surface area contributed by atoms with Crippen molar-refractivity contribution in [2.45, 2.75) is 23.8 Å². The maximum absolute atomic E-state index is 12.8. The number of hydrogen-bond donors (Lipinski definition) is 0. The number of nitro groups is 1. The number of sulfonamides is 1. The predicted octanol–water partition coefficient (Wildman–Crippen LogP) is 2.69. The molecule has 1 unspecified atom stereocenters. The first kappa shape index (κ1) is 23.2. The number of hydrogen-bond acceptors (Lipinski definition) is 7. The Morgan fingerprint density at radius 2 is 2.03 bits per heavy atom. The first-order chi connectivity index (χ1) is 15.7. The number of amides is 1. The van der Waals surface area contributed by atoms with E-state index in [2.05, 4.69) is 4.99 Å². The highest BCUT2D eigenvalue weighted by molar-refractivity contribution is 7.89. The number of carbonyl (C=O) groups is 1. The fourth-order valence-electron chi connectivity index (χ4n) is 3.62. The van der Waals surface area contributed by atoms with Gasteiger partial charge in [0.2, 0.25) is 10.0 Å². The summed E-state index contributed by atoms with van der Waals surface area (Å²) in [5.74, 6) is -0.539. The third kappa shape index (κ3) is 4.74. The van der Waals surface area contributed by atoms with E-state index in [1.165, 1.54) is 47.8 Å². The van der Waals surface area contributed by atoms with Gasteiger partial charge in [0.25, 0.3) is 11.6 Å². The molecule has 1 aliphatic heterocycles. The number of nitrogens with zero attached hydrogens (tertiary/aromatic N) is 4. The number of aromatic nitrogens is 1. The van der Waals surface area contributed by atoms with Crippen LogP contribution in [0.2, 0.25) is 0 Å². The van der Waals surface area contributed by atoms with Crippen molar-refractivity contribution >= 4 is 43.2 Å². The van der Waals surface area contributed by atoms with Crippen LogP contribution >= 0.6 is 11.3 Å². The van der Waals surface area contributed by atoms with Gasteiger partial charge in [-0.05, 0) is 43.2 Å². The summed E-state index contributed by atoms with van der Waals surface area (Å²) in [5, 5.41) is 11.0. The van der Waals surface area contributed by atoms with Gasteiger partial charge in [0.15, 0.2) is 4.80 Å². The molecule has 0 saturated carbocycles. The standard InChI is InChI=1S/C21H22N4O6S2/c1-23(13-16-4-3-11-31-16)33(29,30)17-8-5-14(6-9-17)20(26)22-21-24(2)18-10-7-15(25(27)28)12-19(18)32-21/h5-10,12,16H,3-4,11,13H2,1-2H3. The van der Waals surface area contributed by atoms with Crippen LogP contribution < -0.4 is 4.80 Å². The molecule has 3 aromatic rings. The molecule has 1 fully saturated rings. The first-order valence-electron chi connectivity index (χ1n) is 10.2. The van der Waals surface area contributed by atoms with Gasteiger partial charge in [0, 0.05) is 44.9 Å². The van der Waals surface area contributed by atoms with Crippen molar-refractivity contribution in [1.82, 2.24) is 8.87 Å². The summed E-state index contributed by atoms with van der Waals surface area (Å²) in [5.41, 5.74) is 0.913. The van der Waals surface area contributed by atoms with E-state index in [9.17, 15) is 23.3 Å². The fraction of sp³-hybridized carbons (Fsp3) is 0.333. The van der Waals surface area contributed by atoms with Crippen molar-refractivity contribution in [3.05, 3.63) is 62.9 Å². The Morgan fingerprint density at radius 3 is 2.67 bits per heavy atom. The number of likely N-dealkylation sites (N-methyl/N-ethyl adjacent to an activating group) is 1. The third-order valence-corrected chi connectivity index (χ3v) is 8.43. The second-order valence-corrected chi connectivity index (χ2v) is 10.8. The Hall–Kier alpha value is -2.93. The van der Waals surface area contributed by atoms with Crippen LogP contribution in [-0.4, -0.2) is 54.4 Å². The van der Waals surface area contributed by atoms with Crippen molar-refractivity contribution in [3.8, 4) is 0 Å². The minimum absolute atomic E-state index is 0.0384. The summed E-state index contributed by atoms with van der Waals surface area (Å²) >= 11 is 1.16. The highest BCUT2D eigenvalue weighted by Gasteiger charge is 2.26. The lowest BCUT2D eigenvalue weighted by Gasteiger charge is -2.20. The van der Waals surface area contributed by atoms with Crippen molar-refractivity contribution in [1.29, 1.82) is 0 Å². The highest BCUT2D eigenvalue weighted by atomic mass is 32.2. The Morgan fingerprint density at radius 1 is 1.30 bits per heavy atom. The molecular formula is C21H22N4O6S2. The lowest BCUT2D eigenvalue weighted by Crippen LogP contribution is -2.34. The van der Waals surface area contributed by atoms with E-state index in [1.807, 2.05) is 0 Å². The summed E-state index contributed by atoms with van der Waals surface area (Å²) in [4.78, 5) is 27.8. The summed E-state index contributed by atoms with van der Waals surface area (Å²) < 4.78 is 34.7. The van der Waals surface area contributed by atoms with E-state index in [0.29, 0.717) is 21.6 Å². The van der Waals surface area contributed by atoms with Crippen LogP contribution in [0.25, 0.3) is 10.2 Å². The largest absolute Gasteiger partial charge is 0.377 e. The highest BCUT2D eigenvalue weighted by Crippen LogP contribution is 2.23. The molecule has 33 heavy (non-hydrogen) atoms. The van der Waals surface area contributed by atoms with Crippen molar-refractivity contribution < 1.29 is 22.9 Å². The zero-order chi connectivity index (χ0) is 23.8. The van der Waals surface area contributed by atoms with Gasteiger partial charge in [-0.2, -0.15) is 9.30 Å². The van der Waals surface area contributed by atoms with Crippen molar-refractivity contribution in [3.63, 3.8) is 0 Å². The van der Waals surface area contributed by atoms with Gasteiger partial charge in [0.05, 0.1) is 26.1 Å². The fourth-order valence-corrected chi connectivity index (χ4v) is 5.87. The third-order valence-electron chi connectivity index (χ3n) is 5.50. The lowest BCUT2D eigenvalue weighted by atomic mass is 10.2. The lowest BCUT2D eigenvalue weighted by molar-refractivity contribution is -0.384. The Balaban J connectivity index is 1.56. The van der Waals surface area contributed by atoms with Crippen LogP contribution in [0, 0.1) is 10.1 Å². The maximum atomic E-state index is 12.8. The number of benzene rings is 2. The number of nitro benzene ring substituents is 1. The number of fused-ring (bicyclic) bond motifs is 1. The number of aryl methyl sites for hydroxylation is 1. The average molecular weight is 491 g/mol. The number of carbonyl (C=O) groups excluding carboxylic acids is 1. The van der Waals surface area contributed by atoms with E-state index < -0.39 is 20.9 Å². The van der Waals surface area contributed by atoms with E-state index in [-0.39, 0.29) is 28.8 Å². The number of non-ortho nitro benzene ring substituents is 1. The molecule has 0 N–H and O–H groups in total. The first-order valence-corrected chi connectivity index (χ1v) is 12.4. The van der Waals surface area contributed by atoms with Crippen LogP contribution in [-0.2, 0) is 21.8 Å². The smallest absolute Gasteiger partial charge is 0.279 e. The molecule has 4 rings (SSSR count). The summed E-state index contributed by atoms with van der Waals surface area (Å²) in [6, 6.07) is 10.1. The van der Waals surface area contributed by atoms with Crippen molar-refractivity contribution in [2.24, 2.45) is 12.0 Å². The average Bonchev–Trinajstić information content (AvgIpc) is 3.41. The summed E-state index contributed by atoms with van der Waals surface area (Å²) in [6.45, 7) is 0.923. The summed E-state index contributed by atoms with van der Waals surface area (Å²) in [7, 11) is -0.479. The quantitative estimate of drug-likeness (QED) is 0.387. The molecule has 12 heteroatoms. The molecule has 0 radical (unpaired) electrons. The molecule has 10 nitrogen and oxygen atoms in total. The maximum Gasteiger partial charge on any atom is 0.279 e. The second kappa shape index (κ2) is 9.14. The molecule has 1 amide bonds. The van der Waals surface area contributed by atoms with Gasteiger partial charge in [0.1, 0.15) is 0 Å². The Labute approximate surface area is 193 Å². The van der Waals surface area contributed by atoms with Gasteiger partial charge in [-0.15, -0.1) is 0 Å². The second-order valence-electron chi connectivity index (χ2n) is 7.71. The summed E-state index contributed by atoms with van der Waals surface area (Å²) in [6.07, 6.45) is 1.65. The number of rotatable bonds is 6. The zero-order valence-electron chi connectivity index (χ0n) is 18.0.